The minimum atomic E-state index is -1.55. The van der Waals surface area contributed by atoms with Gasteiger partial charge in [-0.2, -0.15) is 0 Å². The molecule has 3 rings (SSSR count). The van der Waals surface area contributed by atoms with Crippen molar-refractivity contribution in [1.82, 2.24) is 10.2 Å². The number of carbonyl (C=O) groups excluding carboxylic acids is 4. The molecule has 0 unspecified atom stereocenters. The Labute approximate surface area is 149 Å². The van der Waals surface area contributed by atoms with E-state index in [1.54, 1.807) is 49.4 Å². The lowest BCUT2D eigenvalue weighted by atomic mass is 10.1. The number of amides is 3. The zero-order valence-electron chi connectivity index (χ0n) is 14.0. The minimum Gasteiger partial charge on any atom is -0.463 e. The molecule has 1 N–H and O–H groups in total. The molecule has 0 aromatic heterocycles. The maximum Gasteiger partial charge on any atom is 0.350 e. The molecule has 3 amide bonds. The lowest BCUT2D eigenvalue weighted by Gasteiger charge is -2.25. The molecular formula is C19H16N2O5. The maximum atomic E-state index is 12.6. The zero-order chi connectivity index (χ0) is 18.7. The second-order valence-corrected chi connectivity index (χ2v) is 5.52. The van der Waals surface area contributed by atoms with Crippen LogP contribution in [0.4, 0.5) is 0 Å². The summed E-state index contributed by atoms with van der Waals surface area (Å²) in [5, 5.41) is 2.43. The third-order valence-electron chi connectivity index (χ3n) is 3.90. The molecule has 7 heteroatoms. The number of benzene rings is 2. The van der Waals surface area contributed by atoms with Crippen LogP contribution < -0.4 is 5.32 Å². The third kappa shape index (κ3) is 3.06. The van der Waals surface area contributed by atoms with E-state index in [0.29, 0.717) is 5.56 Å². The van der Waals surface area contributed by atoms with Crippen LogP contribution in [0.2, 0.25) is 0 Å². The molecule has 2 aromatic carbocycles. The largest absolute Gasteiger partial charge is 0.463 e. The number of nitrogens with one attached hydrogen (secondary N) is 1. The highest BCUT2D eigenvalue weighted by Crippen LogP contribution is 2.24. The van der Waals surface area contributed by atoms with Crippen LogP contribution in [0.3, 0.4) is 0 Å². The van der Waals surface area contributed by atoms with E-state index in [1.807, 2.05) is 0 Å². The highest BCUT2D eigenvalue weighted by Gasteiger charge is 2.44. The van der Waals surface area contributed by atoms with Crippen LogP contribution in [0.5, 0.6) is 0 Å². The number of rotatable bonds is 5. The van der Waals surface area contributed by atoms with Gasteiger partial charge >= 0.3 is 5.97 Å². The predicted molar refractivity (Wildman–Crippen MR) is 91.3 cm³/mol. The molecule has 2 aromatic rings. The van der Waals surface area contributed by atoms with Gasteiger partial charge in [-0.1, -0.05) is 30.3 Å². The lowest BCUT2D eigenvalue weighted by molar-refractivity contribution is -0.148. The molecule has 0 bridgehead atoms. The molecule has 1 aliphatic heterocycles. The molecule has 0 spiro atoms. The monoisotopic (exact) mass is 352 g/mol. The first-order valence-corrected chi connectivity index (χ1v) is 8.04. The van der Waals surface area contributed by atoms with Crippen molar-refractivity contribution in [1.29, 1.82) is 0 Å². The van der Waals surface area contributed by atoms with Gasteiger partial charge in [0.1, 0.15) is 0 Å². The van der Waals surface area contributed by atoms with Gasteiger partial charge in [0, 0.05) is 5.56 Å². The van der Waals surface area contributed by atoms with Crippen molar-refractivity contribution in [2.75, 3.05) is 6.61 Å². The van der Waals surface area contributed by atoms with Gasteiger partial charge in [-0.05, 0) is 31.2 Å². The van der Waals surface area contributed by atoms with E-state index in [1.165, 1.54) is 12.1 Å². The van der Waals surface area contributed by atoms with E-state index < -0.39 is 29.9 Å². The predicted octanol–water partition coefficient (Wildman–Crippen LogP) is 1.60. The number of ether oxygens (including phenoxy) is 1. The fraction of sp³-hybridized carbons (Fsp3) is 0.158. The number of esters is 1. The number of nitrogens with zero attached hydrogens (tertiary/aromatic N) is 1. The molecule has 0 radical (unpaired) electrons. The van der Waals surface area contributed by atoms with E-state index >= 15 is 0 Å². The number of fused-ring (bicyclic) bond motifs is 1. The lowest BCUT2D eigenvalue weighted by Crippen LogP contribution is -2.55. The molecule has 1 aliphatic rings. The molecule has 26 heavy (non-hydrogen) atoms. The fourth-order valence-corrected chi connectivity index (χ4v) is 2.69. The van der Waals surface area contributed by atoms with Crippen molar-refractivity contribution >= 4 is 23.7 Å². The Morgan fingerprint density at radius 1 is 0.962 bits per heavy atom. The van der Waals surface area contributed by atoms with Gasteiger partial charge < -0.3 is 10.1 Å². The summed E-state index contributed by atoms with van der Waals surface area (Å²) >= 11 is 0. The SMILES string of the molecule is CCOC(=O)[C@H](NC(=O)c1ccccc1)N1C(=O)c2ccccc2C1=O. The van der Waals surface area contributed by atoms with Crippen molar-refractivity contribution in [3.8, 4) is 0 Å². The van der Waals surface area contributed by atoms with Gasteiger partial charge in [0.25, 0.3) is 17.7 Å². The van der Waals surface area contributed by atoms with Crippen molar-refractivity contribution in [3.63, 3.8) is 0 Å². The Kier molecular flexibility index (Phi) is 4.79. The van der Waals surface area contributed by atoms with Crippen molar-refractivity contribution in [2.24, 2.45) is 0 Å². The van der Waals surface area contributed by atoms with Crippen LogP contribution in [0, 0.1) is 0 Å². The van der Waals surface area contributed by atoms with E-state index in [9.17, 15) is 19.2 Å². The molecule has 0 saturated heterocycles. The summed E-state index contributed by atoms with van der Waals surface area (Å²) in [5.41, 5.74) is 0.653. The van der Waals surface area contributed by atoms with Gasteiger partial charge in [-0.3, -0.25) is 14.4 Å². The van der Waals surface area contributed by atoms with Crippen LogP contribution in [0.25, 0.3) is 0 Å². The Morgan fingerprint density at radius 3 is 2.04 bits per heavy atom. The average Bonchev–Trinajstić information content (AvgIpc) is 2.92. The third-order valence-corrected chi connectivity index (χ3v) is 3.90. The highest BCUT2D eigenvalue weighted by atomic mass is 16.5. The molecular weight excluding hydrogens is 336 g/mol. The summed E-state index contributed by atoms with van der Waals surface area (Å²) in [4.78, 5) is 50.8. The molecule has 7 nitrogen and oxygen atoms in total. The first-order valence-electron chi connectivity index (χ1n) is 8.04. The number of hydrogen-bond donors (Lipinski definition) is 1. The first kappa shape index (κ1) is 17.3. The van der Waals surface area contributed by atoms with Crippen LogP contribution in [0.1, 0.15) is 38.0 Å². The van der Waals surface area contributed by atoms with E-state index in [4.69, 9.17) is 4.74 Å². The molecule has 1 atom stereocenters. The van der Waals surface area contributed by atoms with Gasteiger partial charge in [0.05, 0.1) is 17.7 Å². The van der Waals surface area contributed by atoms with Crippen LogP contribution in [0.15, 0.2) is 54.6 Å². The Bertz CT molecular complexity index is 844. The van der Waals surface area contributed by atoms with Gasteiger partial charge in [-0.15, -0.1) is 0 Å². The Balaban J connectivity index is 1.93. The summed E-state index contributed by atoms with van der Waals surface area (Å²) in [6, 6.07) is 14.4. The quantitative estimate of drug-likeness (QED) is 0.652. The van der Waals surface area contributed by atoms with E-state index in [-0.39, 0.29) is 17.7 Å². The van der Waals surface area contributed by atoms with Crippen molar-refractivity contribution in [2.45, 2.75) is 13.1 Å². The highest BCUT2D eigenvalue weighted by molar-refractivity contribution is 6.23. The topological polar surface area (TPSA) is 92.8 Å². The number of carbonyl (C=O) groups is 4. The molecule has 0 fully saturated rings. The fourth-order valence-electron chi connectivity index (χ4n) is 2.69. The first-order chi connectivity index (χ1) is 12.5. The number of hydrogen-bond acceptors (Lipinski definition) is 5. The van der Waals surface area contributed by atoms with Crippen molar-refractivity contribution in [3.05, 3.63) is 71.3 Å². The van der Waals surface area contributed by atoms with Crippen LogP contribution in [-0.4, -0.2) is 41.4 Å². The van der Waals surface area contributed by atoms with Gasteiger partial charge in [0.2, 0.25) is 6.17 Å². The average molecular weight is 352 g/mol. The smallest absolute Gasteiger partial charge is 0.350 e. The molecule has 0 aliphatic carbocycles. The molecule has 132 valence electrons. The standard InChI is InChI=1S/C19H16N2O5/c1-2-26-19(25)15(20-16(22)12-8-4-3-5-9-12)21-17(23)13-10-6-7-11-14(13)18(21)24/h3-11,15H,2H2,1H3,(H,20,22)/t15-/m1/s1. The minimum absolute atomic E-state index is 0.0414. The zero-order valence-corrected chi connectivity index (χ0v) is 14.0. The van der Waals surface area contributed by atoms with Crippen LogP contribution in [-0.2, 0) is 9.53 Å². The second-order valence-electron chi connectivity index (χ2n) is 5.52. The Hall–Kier alpha value is -3.48. The summed E-state index contributed by atoms with van der Waals surface area (Å²) in [6.45, 7) is 1.63. The maximum absolute atomic E-state index is 12.6. The summed E-state index contributed by atoms with van der Waals surface area (Å²) in [6.07, 6.45) is -1.55. The molecule has 1 heterocycles. The van der Waals surface area contributed by atoms with Crippen molar-refractivity contribution < 1.29 is 23.9 Å². The summed E-state index contributed by atoms with van der Waals surface area (Å²) < 4.78 is 4.95. The normalized spacial score (nSPS) is 14.0. The molecule has 0 saturated carbocycles. The van der Waals surface area contributed by atoms with Gasteiger partial charge in [0.15, 0.2) is 0 Å². The summed E-state index contributed by atoms with van der Waals surface area (Å²) in [5.74, 6) is -2.79. The van der Waals surface area contributed by atoms with E-state index in [0.717, 1.165) is 4.90 Å². The second kappa shape index (κ2) is 7.18. The van der Waals surface area contributed by atoms with Crippen LogP contribution >= 0.6 is 0 Å². The summed E-state index contributed by atoms with van der Waals surface area (Å²) in [7, 11) is 0. The Morgan fingerprint density at radius 2 is 1.50 bits per heavy atom. The van der Waals surface area contributed by atoms with E-state index in [2.05, 4.69) is 5.32 Å². The number of imide groups is 1. The van der Waals surface area contributed by atoms with Gasteiger partial charge in [-0.25, -0.2) is 9.69 Å².